The number of unbranched alkanes of at least 4 members (excludes halogenated alkanes) is 3. The molecule has 2 amide bonds. The van der Waals surface area contributed by atoms with Gasteiger partial charge in [0.25, 0.3) is 0 Å². The number of hydrazone groups is 1. The smallest absolute Gasteiger partial charge is 0.247 e. The number of anilines is 1. The fraction of sp³-hybridized carbons (Fsp3) is 0.312. The van der Waals surface area contributed by atoms with Gasteiger partial charge >= 0.3 is 0 Å². The Labute approximate surface area is 239 Å². The van der Waals surface area contributed by atoms with Gasteiger partial charge in [0.05, 0.1) is 24.0 Å². The minimum atomic E-state index is -0.679. The second-order valence-corrected chi connectivity index (χ2v) is 11.2. The van der Waals surface area contributed by atoms with Crippen molar-refractivity contribution in [2.24, 2.45) is 5.10 Å². The number of carbonyl (C=O) groups is 2. The molecule has 3 aromatic rings. The van der Waals surface area contributed by atoms with Crippen LogP contribution in [0.25, 0.3) is 0 Å². The summed E-state index contributed by atoms with van der Waals surface area (Å²) in [5.74, 6) is 0.147. The van der Waals surface area contributed by atoms with Crippen LogP contribution in [0.4, 0.5) is 5.69 Å². The third-order valence-electron chi connectivity index (χ3n) is 7.13. The Hall–Kier alpha value is -3.91. The zero-order chi connectivity index (χ0) is 27.9. The molecule has 8 heteroatoms. The van der Waals surface area contributed by atoms with E-state index in [1.165, 1.54) is 17.7 Å². The summed E-state index contributed by atoms with van der Waals surface area (Å²) in [6, 6.07) is 26.9. The minimum absolute atomic E-state index is 0.0423. The molecule has 2 aliphatic heterocycles. The first-order chi connectivity index (χ1) is 19.5. The molecule has 0 saturated carbocycles. The SMILES string of the molecule is CCCCCCOc1ccc(N2C(=O)C[C@H](SC(=N)N3N=C(c4ccccc4)C[C@@H]3c3ccccc3)C2=O)cc1. The van der Waals surface area contributed by atoms with Crippen LogP contribution in [-0.4, -0.2) is 39.6 Å². The summed E-state index contributed by atoms with van der Waals surface area (Å²) in [6.07, 6.45) is 5.21. The number of benzene rings is 3. The predicted octanol–water partition coefficient (Wildman–Crippen LogP) is 6.80. The number of hydrogen-bond acceptors (Lipinski definition) is 6. The lowest BCUT2D eigenvalue weighted by Gasteiger charge is -2.24. The third kappa shape index (κ3) is 6.28. The van der Waals surface area contributed by atoms with Crippen molar-refractivity contribution in [1.82, 2.24) is 5.01 Å². The molecule has 1 fully saturated rings. The Morgan fingerprint density at radius 2 is 1.62 bits per heavy atom. The van der Waals surface area contributed by atoms with E-state index in [2.05, 4.69) is 6.92 Å². The van der Waals surface area contributed by atoms with Crippen molar-refractivity contribution in [3.8, 4) is 5.75 Å². The summed E-state index contributed by atoms with van der Waals surface area (Å²) in [5.41, 5.74) is 3.47. The van der Waals surface area contributed by atoms with E-state index in [1.807, 2.05) is 60.7 Å². The number of ether oxygens (including phenoxy) is 1. The molecule has 0 spiro atoms. The molecule has 0 bridgehead atoms. The van der Waals surface area contributed by atoms with E-state index in [0.29, 0.717) is 18.7 Å². The van der Waals surface area contributed by atoms with Crippen molar-refractivity contribution in [3.63, 3.8) is 0 Å². The molecule has 2 heterocycles. The van der Waals surface area contributed by atoms with Gasteiger partial charge < -0.3 is 4.74 Å². The van der Waals surface area contributed by atoms with Crippen molar-refractivity contribution in [1.29, 1.82) is 5.41 Å². The summed E-state index contributed by atoms with van der Waals surface area (Å²) in [4.78, 5) is 27.5. The van der Waals surface area contributed by atoms with Crippen LogP contribution in [0.15, 0.2) is 90.0 Å². The van der Waals surface area contributed by atoms with Gasteiger partial charge in [0.2, 0.25) is 11.8 Å². The van der Waals surface area contributed by atoms with Gasteiger partial charge in [0, 0.05) is 12.8 Å². The van der Waals surface area contributed by atoms with Crippen LogP contribution in [-0.2, 0) is 9.59 Å². The highest BCUT2D eigenvalue weighted by molar-refractivity contribution is 8.14. The molecule has 1 saturated heterocycles. The Bertz CT molecular complexity index is 1360. The number of nitrogens with one attached hydrogen (secondary N) is 1. The Balaban J connectivity index is 1.26. The van der Waals surface area contributed by atoms with Crippen molar-refractivity contribution < 1.29 is 14.3 Å². The summed E-state index contributed by atoms with van der Waals surface area (Å²) < 4.78 is 5.80. The number of rotatable bonds is 10. The standard InChI is InChI=1S/C32H34N4O3S/c1-2-3-4-11-20-39-26-18-16-25(17-19-26)35-30(37)22-29(31(35)38)40-32(33)36-28(24-14-9-6-10-15-24)21-27(34-36)23-12-7-5-8-13-23/h5-10,12-19,28-29,33H,2-4,11,20-22H2,1H3/t28-,29+/m1/s1. The lowest BCUT2D eigenvalue weighted by molar-refractivity contribution is -0.121. The van der Waals surface area contributed by atoms with E-state index in [1.54, 1.807) is 29.3 Å². The molecule has 0 aliphatic carbocycles. The van der Waals surface area contributed by atoms with Gasteiger partial charge in [0.15, 0.2) is 5.17 Å². The van der Waals surface area contributed by atoms with E-state index in [9.17, 15) is 9.59 Å². The molecule has 0 unspecified atom stereocenters. The maximum atomic E-state index is 13.4. The van der Waals surface area contributed by atoms with Crippen LogP contribution in [0.2, 0.25) is 0 Å². The van der Waals surface area contributed by atoms with E-state index >= 15 is 0 Å². The lowest BCUT2D eigenvalue weighted by atomic mass is 9.99. The highest BCUT2D eigenvalue weighted by atomic mass is 32.2. The topological polar surface area (TPSA) is 86.1 Å². The third-order valence-corrected chi connectivity index (χ3v) is 8.19. The number of nitrogens with zero attached hydrogens (tertiary/aromatic N) is 3. The lowest BCUT2D eigenvalue weighted by Crippen LogP contribution is -2.32. The molecule has 40 heavy (non-hydrogen) atoms. The molecule has 206 valence electrons. The first kappa shape index (κ1) is 27.6. The first-order valence-electron chi connectivity index (χ1n) is 13.9. The molecule has 0 radical (unpaired) electrons. The molecule has 0 aromatic heterocycles. The molecule has 3 aromatic carbocycles. The fourth-order valence-corrected chi connectivity index (χ4v) is 5.98. The summed E-state index contributed by atoms with van der Waals surface area (Å²) in [6.45, 7) is 2.83. The van der Waals surface area contributed by atoms with Gasteiger partial charge in [0.1, 0.15) is 11.0 Å². The summed E-state index contributed by atoms with van der Waals surface area (Å²) >= 11 is 1.10. The normalized spacial score (nSPS) is 18.8. The first-order valence-corrected chi connectivity index (χ1v) is 14.7. The molecular formula is C32H34N4O3S. The Kier molecular flexibility index (Phi) is 8.96. The predicted molar refractivity (Wildman–Crippen MR) is 161 cm³/mol. The molecular weight excluding hydrogens is 520 g/mol. The number of hydrogen-bond donors (Lipinski definition) is 1. The summed E-state index contributed by atoms with van der Waals surface area (Å²) in [7, 11) is 0. The van der Waals surface area contributed by atoms with Crippen LogP contribution in [0, 0.1) is 5.41 Å². The van der Waals surface area contributed by atoms with Gasteiger partial charge in [-0.3, -0.25) is 15.0 Å². The van der Waals surface area contributed by atoms with Crippen molar-refractivity contribution in [2.75, 3.05) is 11.5 Å². The average molecular weight is 555 g/mol. The van der Waals surface area contributed by atoms with E-state index in [-0.39, 0.29) is 29.4 Å². The Morgan fingerprint density at radius 1 is 0.925 bits per heavy atom. The van der Waals surface area contributed by atoms with Gasteiger partial charge in [-0.15, -0.1) is 0 Å². The van der Waals surface area contributed by atoms with Crippen molar-refractivity contribution in [3.05, 3.63) is 96.1 Å². The molecule has 2 atom stereocenters. The average Bonchev–Trinajstić information content (AvgIpc) is 3.55. The molecule has 7 nitrogen and oxygen atoms in total. The van der Waals surface area contributed by atoms with Crippen LogP contribution in [0.1, 0.15) is 62.6 Å². The van der Waals surface area contributed by atoms with Gasteiger partial charge in [-0.1, -0.05) is 98.6 Å². The van der Waals surface area contributed by atoms with Gasteiger partial charge in [-0.25, -0.2) is 9.91 Å². The van der Waals surface area contributed by atoms with Crippen molar-refractivity contribution >= 4 is 40.1 Å². The molecule has 2 aliphatic rings. The zero-order valence-electron chi connectivity index (χ0n) is 22.7. The highest BCUT2D eigenvalue weighted by Gasteiger charge is 2.42. The van der Waals surface area contributed by atoms with E-state index in [4.69, 9.17) is 15.2 Å². The number of thioether (sulfide) groups is 1. The maximum absolute atomic E-state index is 13.4. The molecule has 1 N–H and O–H groups in total. The number of carbonyl (C=O) groups excluding carboxylic acids is 2. The van der Waals surface area contributed by atoms with Crippen LogP contribution in [0.5, 0.6) is 5.75 Å². The van der Waals surface area contributed by atoms with Crippen LogP contribution >= 0.6 is 11.8 Å². The minimum Gasteiger partial charge on any atom is -0.494 e. The van der Waals surface area contributed by atoms with E-state index in [0.717, 1.165) is 47.2 Å². The quantitative estimate of drug-likeness (QED) is 0.129. The van der Waals surface area contributed by atoms with Crippen molar-refractivity contribution in [2.45, 2.75) is 56.7 Å². The Morgan fingerprint density at radius 3 is 2.33 bits per heavy atom. The van der Waals surface area contributed by atoms with Crippen LogP contribution in [0.3, 0.4) is 0 Å². The number of amides is 2. The second kappa shape index (κ2) is 13.0. The van der Waals surface area contributed by atoms with E-state index < -0.39 is 5.25 Å². The van der Waals surface area contributed by atoms with Crippen LogP contribution < -0.4 is 9.64 Å². The van der Waals surface area contributed by atoms with Gasteiger partial charge in [-0.05, 0) is 41.8 Å². The largest absolute Gasteiger partial charge is 0.494 e. The number of amidine groups is 1. The molecule has 5 rings (SSSR count). The second-order valence-electron chi connectivity index (χ2n) is 9.97. The zero-order valence-corrected chi connectivity index (χ0v) is 23.5. The fourth-order valence-electron chi connectivity index (χ4n) is 5.00. The highest BCUT2D eigenvalue weighted by Crippen LogP contribution is 2.38. The summed E-state index contributed by atoms with van der Waals surface area (Å²) in [5, 5.41) is 14.9. The number of imide groups is 1. The van der Waals surface area contributed by atoms with Gasteiger partial charge in [-0.2, -0.15) is 5.10 Å². The monoisotopic (exact) mass is 554 g/mol. The maximum Gasteiger partial charge on any atom is 0.247 e.